The van der Waals surface area contributed by atoms with Crippen LogP contribution in [0.5, 0.6) is 0 Å². The summed E-state index contributed by atoms with van der Waals surface area (Å²) in [4.78, 5) is 10.9. The van der Waals surface area contributed by atoms with Crippen LogP contribution in [-0.4, -0.2) is 39.5 Å². The molecule has 0 aromatic heterocycles. The molecule has 6 heteroatoms. The fourth-order valence-corrected chi connectivity index (χ4v) is 3.42. The van der Waals surface area contributed by atoms with Crippen molar-refractivity contribution in [1.82, 2.24) is 0 Å². The van der Waals surface area contributed by atoms with Gasteiger partial charge in [-0.25, -0.2) is 9.00 Å². The van der Waals surface area contributed by atoms with Crippen LogP contribution in [0.3, 0.4) is 0 Å². The molecule has 1 saturated heterocycles. The van der Waals surface area contributed by atoms with Crippen molar-refractivity contribution in [2.75, 3.05) is 18.6 Å². The number of ether oxygens (including phenoxy) is 1. The summed E-state index contributed by atoms with van der Waals surface area (Å²) in [6.07, 6.45) is 0.817. The molecule has 1 fully saturated rings. The van der Waals surface area contributed by atoms with Gasteiger partial charge in [-0.3, -0.25) is 4.78 Å². The van der Waals surface area contributed by atoms with E-state index in [1.165, 1.54) is 7.11 Å². The van der Waals surface area contributed by atoms with E-state index >= 15 is 0 Å². The molecule has 1 heterocycles. The first-order valence-electron chi connectivity index (χ1n) is 3.95. The van der Waals surface area contributed by atoms with E-state index in [1.807, 2.05) is 0 Å². The average molecular weight is 207 g/mol. The van der Waals surface area contributed by atoms with E-state index in [1.54, 1.807) is 0 Å². The molecule has 1 aliphatic rings. The Hall–Kier alpha value is -0.620. The van der Waals surface area contributed by atoms with Gasteiger partial charge in [-0.1, -0.05) is 0 Å². The van der Waals surface area contributed by atoms with Crippen LogP contribution in [0, 0.1) is 4.78 Å². The van der Waals surface area contributed by atoms with Crippen LogP contribution >= 0.6 is 0 Å². The molecule has 0 radical (unpaired) electrons. The van der Waals surface area contributed by atoms with Crippen molar-refractivity contribution >= 4 is 15.7 Å². The number of carbonyl (C=O) groups is 1. The fourth-order valence-electron chi connectivity index (χ4n) is 1.53. The highest BCUT2D eigenvalue weighted by Gasteiger charge is 2.44. The third kappa shape index (κ3) is 2.00. The SMILES string of the molecule is COC1(C(=O)O)CCCS(=N)(=O)C1. The molecule has 0 aliphatic carbocycles. The van der Waals surface area contributed by atoms with Crippen LogP contribution in [0.25, 0.3) is 0 Å². The highest BCUT2D eigenvalue weighted by atomic mass is 32.2. The lowest BCUT2D eigenvalue weighted by atomic mass is 10.0. The molecule has 2 unspecified atom stereocenters. The maximum absolute atomic E-state index is 11.4. The minimum atomic E-state index is -2.75. The number of hydrogen-bond donors (Lipinski definition) is 2. The lowest BCUT2D eigenvalue weighted by molar-refractivity contribution is -0.160. The standard InChI is InChI=1S/C7H13NO4S/c1-12-7(6(9)10)3-2-4-13(8,11)5-7/h8H,2-5H2,1H3,(H,9,10). The van der Waals surface area contributed by atoms with Crippen LogP contribution in [-0.2, 0) is 19.3 Å². The highest BCUT2D eigenvalue weighted by Crippen LogP contribution is 2.26. The van der Waals surface area contributed by atoms with Gasteiger partial charge in [-0.05, 0) is 12.8 Å². The summed E-state index contributed by atoms with van der Waals surface area (Å²) >= 11 is 0. The predicted molar refractivity (Wildman–Crippen MR) is 47.2 cm³/mol. The molecule has 0 aromatic rings. The molecule has 5 nitrogen and oxygen atoms in total. The van der Waals surface area contributed by atoms with Gasteiger partial charge in [-0.15, -0.1) is 0 Å². The van der Waals surface area contributed by atoms with E-state index in [0.29, 0.717) is 12.8 Å². The zero-order valence-corrected chi connectivity index (χ0v) is 8.23. The van der Waals surface area contributed by atoms with E-state index in [4.69, 9.17) is 14.6 Å². The van der Waals surface area contributed by atoms with Crippen LogP contribution < -0.4 is 0 Å². The first-order chi connectivity index (χ1) is 5.92. The summed E-state index contributed by atoms with van der Waals surface area (Å²) in [5, 5.41) is 8.89. The quantitative estimate of drug-likeness (QED) is 0.681. The minimum absolute atomic E-state index is 0.189. The summed E-state index contributed by atoms with van der Waals surface area (Å²) in [5.74, 6) is -1.02. The van der Waals surface area contributed by atoms with Crippen molar-refractivity contribution in [3.8, 4) is 0 Å². The number of carboxylic acid groups (broad SMARTS) is 1. The number of methoxy groups -OCH3 is 1. The highest BCUT2D eigenvalue weighted by molar-refractivity contribution is 7.92. The van der Waals surface area contributed by atoms with Gasteiger partial charge in [0.1, 0.15) is 0 Å². The summed E-state index contributed by atoms with van der Waals surface area (Å²) in [5.41, 5.74) is -1.39. The maximum atomic E-state index is 11.4. The molecule has 2 N–H and O–H groups in total. The Bertz CT molecular complexity index is 310. The van der Waals surface area contributed by atoms with Gasteiger partial charge in [0.15, 0.2) is 5.60 Å². The number of nitrogens with one attached hydrogen (secondary N) is 1. The van der Waals surface area contributed by atoms with E-state index < -0.39 is 21.3 Å². The molecular formula is C7H13NO4S. The Kier molecular flexibility index (Phi) is 2.63. The summed E-state index contributed by atoms with van der Waals surface area (Å²) < 4.78 is 23.6. The van der Waals surface area contributed by atoms with Crippen molar-refractivity contribution in [2.45, 2.75) is 18.4 Å². The number of aliphatic carboxylic acids is 1. The summed E-state index contributed by atoms with van der Waals surface area (Å²) in [6.45, 7) is 0. The molecule has 0 spiro atoms. The van der Waals surface area contributed by atoms with E-state index in [0.717, 1.165) is 0 Å². The lowest BCUT2D eigenvalue weighted by Crippen LogP contribution is -2.50. The molecule has 13 heavy (non-hydrogen) atoms. The van der Waals surface area contributed by atoms with E-state index in [9.17, 15) is 9.00 Å². The zero-order valence-electron chi connectivity index (χ0n) is 7.41. The molecule has 0 aromatic carbocycles. The minimum Gasteiger partial charge on any atom is -0.479 e. The third-order valence-corrected chi connectivity index (χ3v) is 4.18. The molecule has 0 amide bonds. The molecule has 2 atom stereocenters. The zero-order chi connectivity index (χ0) is 10.1. The topological polar surface area (TPSA) is 87.4 Å². The van der Waals surface area contributed by atoms with Gasteiger partial charge in [0, 0.05) is 22.6 Å². The van der Waals surface area contributed by atoms with Crippen molar-refractivity contribution in [3.63, 3.8) is 0 Å². The number of carboxylic acids is 1. The second kappa shape index (κ2) is 3.26. The Morgan fingerprint density at radius 3 is 2.62 bits per heavy atom. The summed E-state index contributed by atoms with van der Waals surface area (Å²) in [7, 11) is -1.47. The molecular weight excluding hydrogens is 194 g/mol. The fraction of sp³-hybridized carbons (Fsp3) is 0.857. The van der Waals surface area contributed by atoms with Gasteiger partial charge in [0.2, 0.25) is 0 Å². The molecule has 76 valence electrons. The van der Waals surface area contributed by atoms with E-state index in [-0.39, 0.29) is 11.5 Å². The van der Waals surface area contributed by atoms with Gasteiger partial charge in [0.25, 0.3) is 0 Å². The largest absolute Gasteiger partial charge is 0.479 e. The maximum Gasteiger partial charge on any atom is 0.336 e. The van der Waals surface area contributed by atoms with Crippen molar-refractivity contribution in [1.29, 1.82) is 4.78 Å². The first-order valence-corrected chi connectivity index (χ1v) is 5.84. The lowest BCUT2D eigenvalue weighted by Gasteiger charge is -2.32. The monoisotopic (exact) mass is 207 g/mol. The van der Waals surface area contributed by atoms with Crippen molar-refractivity contribution < 1.29 is 18.8 Å². The van der Waals surface area contributed by atoms with Crippen molar-refractivity contribution in [2.24, 2.45) is 0 Å². The van der Waals surface area contributed by atoms with Gasteiger partial charge < -0.3 is 9.84 Å². The number of hydrogen-bond acceptors (Lipinski definition) is 4. The van der Waals surface area contributed by atoms with E-state index in [2.05, 4.69) is 0 Å². The van der Waals surface area contributed by atoms with Crippen molar-refractivity contribution in [3.05, 3.63) is 0 Å². The first kappa shape index (κ1) is 10.5. The second-order valence-corrected chi connectivity index (χ2v) is 5.59. The molecule has 1 aliphatic heterocycles. The third-order valence-electron chi connectivity index (χ3n) is 2.30. The Labute approximate surface area is 77.1 Å². The smallest absolute Gasteiger partial charge is 0.336 e. The molecule has 0 bridgehead atoms. The molecule has 0 saturated carbocycles. The van der Waals surface area contributed by atoms with Gasteiger partial charge in [0.05, 0.1) is 5.75 Å². The number of rotatable bonds is 2. The van der Waals surface area contributed by atoms with Crippen LogP contribution in [0.1, 0.15) is 12.8 Å². The normalized spacial score (nSPS) is 40.1. The Balaban J connectivity index is 2.95. The Morgan fingerprint density at radius 2 is 2.31 bits per heavy atom. The Morgan fingerprint density at radius 1 is 1.69 bits per heavy atom. The van der Waals surface area contributed by atoms with Crippen LogP contribution in [0.15, 0.2) is 0 Å². The summed E-state index contributed by atoms with van der Waals surface area (Å²) in [6, 6.07) is 0. The van der Waals surface area contributed by atoms with Gasteiger partial charge >= 0.3 is 5.97 Å². The second-order valence-electron chi connectivity index (χ2n) is 3.27. The van der Waals surface area contributed by atoms with Crippen LogP contribution in [0.4, 0.5) is 0 Å². The predicted octanol–water partition coefficient (Wildman–Crippen LogP) is 0.297. The average Bonchev–Trinajstić information content (AvgIpc) is 2.02. The van der Waals surface area contributed by atoms with Gasteiger partial charge in [-0.2, -0.15) is 0 Å². The van der Waals surface area contributed by atoms with Crippen LogP contribution in [0.2, 0.25) is 0 Å². The molecule has 1 rings (SSSR count).